The number of nitrogens with zero attached hydrogens (tertiary/aromatic N) is 1. The number of fused-ring (bicyclic) bond motifs is 1. The average Bonchev–Trinajstić information content (AvgIpc) is 3.11. The van der Waals surface area contributed by atoms with Crippen LogP contribution in [0.1, 0.15) is 42.5 Å². The summed E-state index contributed by atoms with van der Waals surface area (Å²) in [6.45, 7) is 0.780. The summed E-state index contributed by atoms with van der Waals surface area (Å²) >= 11 is 0. The fourth-order valence-electron chi connectivity index (χ4n) is 4.22. The van der Waals surface area contributed by atoms with E-state index in [1.165, 1.54) is 0 Å². The molecule has 2 atom stereocenters. The van der Waals surface area contributed by atoms with Gasteiger partial charge in [-0.15, -0.1) is 0 Å². The molecule has 2 heterocycles. The Balaban J connectivity index is 1.81. The lowest BCUT2D eigenvalue weighted by atomic mass is 9.87. The van der Waals surface area contributed by atoms with Crippen LogP contribution in [0.25, 0.3) is 0 Å². The van der Waals surface area contributed by atoms with Crippen LogP contribution in [-0.2, 0) is 4.79 Å². The molecule has 0 radical (unpaired) electrons. The topological polar surface area (TPSA) is 76.8 Å². The minimum absolute atomic E-state index is 0.0384. The quantitative estimate of drug-likeness (QED) is 0.809. The molecule has 27 heavy (non-hydrogen) atoms. The van der Waals surface area contributed by atoms with Gasteiger partial charge in [0.05, 0.1) is 26.3 Å². The minimum Gasteiger partial charge on any atom is -0.497 e. The highest BCUT2D eigenvalue weighted by Gasteiger charge is 2.38. The van der Waals surface area contributed by atoms with Crippen molar-refractivity contribution in [3.05, 3.63) is 47.5 Å². The fraction of sp³-hybridized carbons (Fsp3) is 0.381. The van der Waals surface area contributed by atoms with E-state index < -0.39 is 0 Å². The molecule has 142 valence electrons. The molecule has 2 aromatic rings. The second-order valence-electron chi connectivity index (χ2n) is 7.10. The number of likely N-dealkylation sites (tertiary alicyclic amines) is 1. The summed E-state index contributed by atoms with van der Waals surface area (Å²) in [5.74, 6) is 1.67. The third-order valence-electron chi connectivity index (χ3n) is 5.49. The largest absolute Gasteiger partial charge is 0.497 e. The monoisotopic (exact) mass is 367 g/mol. The average molecular weight is 367 g/mol. The first-order valence-corrected chi connectivity index (χ1v) is 9.28. The summed E-state index contributed by atoms with van der Waals surface area (Å²) < 4.78 is 11.1. The number of rotatable bonds is 4. The van der Waals surface area contributed by atoms with E-state index >= 15 is 0 Å². The number of amides is 1. The highest BCUT2D eigenvalue weighted by Crippen LogP contribution is 2.48. The zero-order chi connectivity index (χ0) is 19.0. The molecule has 3 N–H and O–H groups in total. The zero-order valence-electron chi connectivity index (χ0n) is 15.7. The van der Waals surface area contributed by atoms with Crippen molar-refractivity contribution in [2.45, 2.75) is 31.3 Å². The van der Waals surface area contributed by atoms with Gasteiger partial charge in [-0.3, -0.25) is 4.79 Å². The molecule has 4 rings (SSSR count). The van der Waals surface area contributed by atoms with Crippen molar-refractivity contribution in [1.29, 1.82) is 0 Å². The molecule has 2 aliphatic heterocycles. The molecule has 0 aliphatic carbocycles. The van der Waals surface area contributed by atoms with E-state index in [4.69, 9.17) is 15.2 Å². The van der Waals surface area contributed by atoms with E-state index in [2.05, 4.69) is 11.4 Å². The van der Waals surface area contributed by atoms with Crippen LogP contribution < -0.4 is 20.5 Å². The first-order valence-electron chi connectivity index (χ1n) is 9.28. The Morgan fingerprint density at radius 1 is 1.19 bits per heavy atom. The van der Waals surface area contributed by atoms with E-state index in [-0.39, 0.29) is 18.0 Å². The molecule has 0 saturated carbocycles. The van der Waals surface area contributed by atoms with Crippen molar-refractivity contribution in [1.82, 2.24) is 4.90 Å². The molecule has 1 fully saturated rings. The number of carbonyl (C=O) groups excluding carboxylic acids is 1. The Labute approximate surface area is 159 Å². The predicted molar refractivity (Wildman–Crippen MR) is 105 cm³/mol. The number of anilines is 2. The lowest BCUT2D eigenvalue weighted by Crippen LogP contribution is -2.35. The summed E-state index contributed by atoms with van der Waals surface area (Å²) in [5, 5.41) is 3.60. The van der Waals surface area contributed by atoms with Gasteiger partial charge in [0.2, 0.25) is 5.91 Å². The molecule has 6 nitrogen and oxygen atoms in total. The van der Waals surface area contributed by atoms with Crippen LogP contribution in [0.15, 0.2) is 36.4 Å². The maximum atomic E-state index is 12.5. The van der Waals surface area contributed by atoms with Crippen molar-refractivity contribution in [3.63, 3.8) is 0 Å². The van der Waals surface area contributed by atoms with Crippen LogP contribution in [0, 0.1) is 0 Å². The lowest BCUT2D eigenvalue weighted by molar-refractivity contribution is -0.130. The Morgan fingerprint density at radius 2 is 2.04 bits per heavy atom. The number of hydrogen-bond acceptors (Lipinski definition) is 5. The van der Waals surface area contributed by atoms with Gasteiger partial charge in [-0.25, -0.2) is 0 Å². The van der Waals surface area contributed by atoms with Crippen LogP contribution in [0.4, 0.5) is 11.4 Å². The van der Waals surface area contributed by atoms with Crippen LogP contribution in [-0.4, -0.2) is 31.6 Å². The molecule has 6 heteroatoms. The smallest absolute Gasteiger partial charge is 0.223 e. The highest BCUT2D eigenvalue weighted by atomic mass is 16.5. The van der Waals surface area contributed by atoms with Gasteiger partial charge in [0.15, 0.2) is 0 Å². The van der Waals surface area contributed by atoms with Crippen molar-refractivity contribution in [3.8, 4) is 11.5 Å². The van der Waals surface area contributed by atoms with E-state index in [1.807, 2.05) is 35.2 Å². The van der Waals surface area contributed by atoms with Gasteiger partial charge in [-0.1, -0.05) is 12.1 Å². The molecule has 0 unspecified atom stereocenters. The highest BCUT2D eigenvalue weighted by molar-refractivity contribution is 5.80. The number of methoxy groups -OCH3 is 2. The van der Waals surface area contributed by atoms with E-state index in [9.17, 15) is 4.79 Å². The van der Waals surface area contributed by atoms with Crippen molar-refractivity contribution >= 4 is 17.3 Å². The van der Waals surface area contributed by atoms with Gasteiger partial charge in [0.1, 0.15) is 11.5 Å². The van der Waals surface area contributed by atoms with Gasteiger partial charge in [0, 0.05) is 42.0 Å². The summed E-state index contributed by atoms with van der Waals surface area (Å²) in [6.07, 6.45) is 2.28. The molecule has 0 bridgehead atoms. The summed E-state index contributed by atoms with van der Waals surface area (Å²) in [4.78, 5) is 14.5. The number of nitrogens with two attached hydrogens (primary N) is 1. The second kappa shape index (κ2) is 7.02. The molecule has 1 amide bonds. The molecule has 1 saturated heterocycles. The number of hydrogen-bond donors (Lipinski definition) is 2. The maximum absolute atomic E-state index is 12.5. The van der Waals surface area contributed by atoms with E-state index in [0.717, 1.165) is 53.4 Å². The summed E-state index contributed by atoms with van der Waals surface area (Å²) in [6, 6.07) is 11.8. The molecule has 0 spiro atoms. The minimum atomic E-state index is -0.0384. The lowest BCUT2D eigenvalue weighted by Gasteiger charge is -2.39. The van der Waals surface area contributed by atoms with E-state index in [1.54, 1.807) is 14.2 Å². The maximum Gasteiger partial charge on any atom is 0.223 e. The van der Waals surface area contributed by atoms with Gasteiger partial charge in [-0.05, 0) is 30.5 Å². The number of carbonyl (C=O) groups is 1. The molecule has 2 aromatic carbocycles. The van der Waals surface area contributed by atoms with Gasteiger partial charge < -0.3 is 25.4 Å². The molecule has 2 aliphatic rings. The first-order chi connectivity index (χ1) is 13.1. The van der Waals surface area contributed by atoms with Gasteiger partial charge in [-0.2, -0.15) is 0 Å². The SMILES string of the molecule is COc1cc2c(c(OC)c1)[C@@H](N1CCCC1=O)C[C@@H](c1cccc(N)c1)N2. The van der Waals surface area contributed by atoms with Crippen LogP contribution in [0.5, 0.6) is 11.5 Å². The Kier molecular flexibility index (Phi) is 4.56. The Hall–Kier alpha value is -2.89. The molecular weight excluding hydrogens is 342 g/mol. The fourth-order valence-corrected chi connectivity index (χ4v) is 4.22. The Morgan fingerprint density at radius 3 is 2.70 bits per heavy atom. The standard InChI is InChI=1S/C21H25N3O3/c1-26-15-10-17-21(19(11-15)27-2)18(24-8-4-7-20(24)25)12-16(23-17)13-5-3-6-14(22)9-13/h3,5-6,9-11,16,18,23H,4,7-8,12,22H2,1-2H3/t16-,18-/m0/s1. The number of nitrogen functional groups attached to an aromatic ring is 1. The number of benzene rings is 2. The van der Waals surface area contributed by atoms with Gasteiger partial charge in [0.25, 0.3) is 0 Å². The first kappa shape index (κ1) is 17.5. The Bertz CT molecular complexity index is 868. The zero-order valence-corrected chi connectivity index (χ0v) is 15.7. The third-order valence-corrected chi connectivity index (χ3v) is 5.49. The van der Waals surface area contributed by atoms with Crippen molar-refractivity contribution in [2.75, 3.05) is 31.8 Å². The molecule has 0 aromatic heterocycles. The van der Waals surface area contributed by atoms with Crippen LogP contribution in [0.3, 0.4) is 0 Å². The summed E-state index contributed by atoms with van der Waals surface area (Å²) in [5.41, 5.74) is 9.80. The second-order valence-corrected chi connectivity index (χ2v) is 7.10. The van der Waals surface area contributed by atoms with Crippen molar-refractivity contribution < 1.29 is 14.3 Å². The normalized spacial score (nSPS) is 21.6. The van der Waals surface area contributed by atoms with Gasteiger partial charge >= 0.3 is 0 Å². The predicted octanol–water partition coefficient (Wildman–Crippen LogP) is 3.51. The number of nitrogens with one attached hydrogen (secondary N) is 1. The van der Waals surface area contributed by atoms with Crippen LogP contribution >= 0.6 is 0 Å². The van der Waals surface area contributed by atoms with E-state index in [0.29, 0.717) is 6.42 Å². The van der Waals surface area contributed by atoms with Crippen LogP contribution in [0.2, 0.25) is 0 Å². The van der Waals surface area contributed by atoms with Crippen molar-refractivity contribution in [2.24, 2.45) is 0 Å². The third kappa shape index (κ3) is 3.16. The molecular formula is C21H25N3O3. The number of ether oxygens (including phenoxy) is 2. The summed E-state index contributed by atoms with van der Waals surface area (Å²) in [7, 11) is 3.29.